The summed E-state index contributed by atoms with van der Waals surface area (Å²) in [5.74, 6) is 6.27. The molecular formula is C17H28N2. The number of hydrogen-bond acceptors (Lipinski definition) is 2. The van der Waals surface area contributed by atoms with Gasteiger partial charge in [0.05, 0.1) is 0 Å². The molecule has 2 atom stereocenters. The number of rotatable bonds is 10. The van der Waals surface area contributed by atoms with Gasteiger partial charge in [0.25, 0.3) is 0 Å². The van der Waals surface area contributed by atoms with E-state index >= 15 is 0 Å². The highest BCUT2D eigenvalue weighted by molar-refractivity contribution is 5.21. The lowest BCUT2D eigenvalue weighted by Crippen LogP contribution is -2.39. The Labute approximate surface area is 118 Å². The number of nitrogens with one attached hydrogen (secondary N) is 1. The van der Waals surface area contributed by atoms with Crippen LogP contribution in [0.1, 0.15) is 56.9 Å². The van der Waals surface area contributed by atoms with Crippen molar-refractivity contribution >= 4 is 0 Å². The first-order valence-corrected chi connectivity index (χ1v) is 7.45. The zero-order valence-electron chi connectivity index (χ0n) is 12.1. The van der Waals surface area contributed by atoms with Gasteiger partial charge in [-0.2, -0.15) is 0 Å². The number of nitrogens with two attached hydrogens (primary N) is 1. The maximum atomic E-state index is 5.76. The van der Waals surface area contributed by atoms with Crippen LogP contribution in [0.5, 0.6) is 0 Å². The molecule has 0 aliphatic rings. The molecule has 19 heavy (non-hydrogen) atoms. The molecule has 0 heterocycles. The summed E-state index contributed by atoms with van der Waals surface area (Å²) >= 11 is 0. The van der Waals surface area contributed by atoms with Crippen LogP contribution < -0.4 is 11.3 Å². The summed E-state index contributed by atoms with van der Waals surface area (Å²) in [7, 11) is 0. The molecule has 2 heteroatoms. The molecule has 2 unspecified atom stereocenters. The standard InChI is InChI=1S/C17H28N2/c1-3-5-6-7-11-14-17(19-18)16(4-2)15-12-9-8-10-13-15/h3,8-10,12-13,16-17,19H,1,4-7,11,14,18H2,2H3. The molecule has 0 fully saturated rings. The van der Waals surface area contributed by atoms with Crippen molar-refractivity contribution in [2.45, 2.75) is 57.4 Å². The van der Waals surface area contributed by atoms with Gasteiger partial charge in [-0.1, -0.05) is 56.2 Å². The fourth-order valence-electron chi connectivity index (χ4n) is 2.68. The summed E-state index contributed by atoms with van der Waals surface area (Å²) in [6.07, 6.45) is 9.10. The third-order valence-electron chi connectivity index (χ3n) is 3.79. The molecule has 0 radical (unpaired) electrons. The van der Waals surface area contributed by atoms with Crippen molar-refractivity contribution in [3.63, 3.8) is 0 Å². The van der Waals surface area contributed by atoms with Crippen molar-refractivity contribution in [2.75, 3.05) is 0 Å². The highest BCUT2D eigenvalue weighted by atomic mass is 15.2. The Balaban J connectivity index is 2.49. The molecule has 1 rings (SSSR count). The Bertz CT molecular complexity index is 334. The van der Waals surface area contributed by atoms with E-state index in [9.17, 15) is 0 Å². The molecule has 1 aromatic rings. The first kappa shape index (κ1) is 15.9. The van der Waals surface area contributed by atoms with E-state index in [2.05, 4.69) is 49.3 Å². The van der Waals surface area contributed by atoms with E-state index in [-0.39, 0.29) is 0 Å². The molecule has 0 spiro atoms. The predicted molar refractivity (Wildman–Crippen MR) is 83.9 cm³/mol. The molecule has 0 aromatic heterocycles. The van der Waals surface area contributed by atoms with Gasteiger partial charge < -0.3 is 0 Å². The van der Waals surface area contributed by atoms with E-state index in [1.807, 2.05) is 6.08 Å². The smallest absolute Gasteiger partial charge is 0.0279 e. The molecular weight excluding hydrogens is 232 g/mol. The summed E-state index contributed by atoms with van der Waals surface area (Å²) in [5, 5.41) is 0. The second kappa shape index (κ2) is 9.76. The normalized spacial score (nSPS) is 14.0. The highest BCUT2D eigenvalue weighted by Crippen LogP contribution is 2.26. The Hall–Kier alpha value is -1.12. The third-order valence-corrected chi connectivity index (χ3v) is 3.79. The Morgan fingerprint density at radius 2 is 1.95 bits per heavy atom. The molecule has 0 aliphatic heterocycles. The zero-order valence-corrected chi connectivity index (χ0v) is 12.1. The average Bonchev–Trinajstić information content (AvgIpc) is 2.47. The van der Waals surface area contributed by atoms with Gasteiger partial charge in [-0.25, -0.2) is 0 Å². The first-order valence-electron chi connectivity index (χ1n) is 7.45. The van der Waals surface area contributed by atoms with E-state index in [1.54, 1.807) is 0 Å². The molecule has 1 aromatic carbocycles. The van der Waals surface area contributed by atoms with Gasteiger partial charge in [-0.15, -0.1) is 6.58 Å². The second-order valence-electron chi connectivity index (χ2n) is 5.13. The van der Waals surface area contributed by atoms with Gasteiger partial charge in [0, 0.05) is 12.0 Å². The number of hydrazine groups is 1. The Morgan fingerprint density at radius 3 is 2.53 bits per heavy atom. The van der Waals surface area contributed by atoms with Crippen LogP contribution in [0.25, 0.3) is 0 Å². The molecule has 3 N–H and O–H groups in total. The van der Waals surface area contributed by atoms with Crippen LogP contribution in [0.2, 0.25) is 0 Å². The molecule has 106 valence electrons. The number of hydrogen-bond donors (Lipinski definition) is 2. The predicted octanol–water partition coefficient (Wildman–Crippen LogP) is 4.15. The van der Waals surface area contributed by atoms with Gasteiger partial charge in [0.2, 0.25) is 0 Å². The topological polar surface area (TPSA) is 38.0 Å². The minimum atomic E-state index is 0.371. The molecule has 0 saturated heterocycles. The quantitative estimate of drug-likeness (QED) is 0.287. The van der Waals surface area contributed by atoms with Crippen molar-refractivity contribution in [3.05, 3.63) is 48.6 Å². The summed E-state index contributed by atoms with van der Waals surface area (Å²) < 4.78 is 0. The van der Waals surface area contributed by atoms with Crippen LogP contribution in [-0.4, -0.2) is 6.04 Å². The van der Waals surface area contributed by atoms with Crippen LogP contribution in [-0.2, 0) is 0 Å². The molecule has 2 nitrogen and oxygen atoms in total. The minimum absolute atomic E-state index is 0.371. The number of unbranched alkanes of at least 4 members (excludes halogenated alkanes) is 3. The van der Waals surface area contributed by atoms with Gasteiger partial charge in [-0.3, -0.25) is 11.3 Å². The van der Waals surface area contributed by atoms with E-state index in [1.165, 1.54) is 24.8 Å². The molecule has 0 saturated carbocycles. The fraction of sp³-hybridized carbons (Fsp3) is 0.529. The largest absolute Gasteiger partial charge is 0.271 e. The van der Waals surface area contributed by atoms with E-state index in [0.717, 1.165) is 19.3 Å². The van der Waals surface area contributed by atoms with Crippen molar-refractivity contribution in [1.29, 1.82) is 0 Å². The van der Waals surface area contributed by atoms with Gasteiger partial charge in [0.1, 0.15) is 0 Å². The van der Waals surface area contributed by atoms with Crippen LogP contribution in [0.3, 0.4) is 0 Å². The monoisotopic (exact) mass is 260 g/mol. The summed E-state index contributed by atoms with van der Waals surface area (Å²) in [4.78, 5) is 0. The SMILES string of the molecule is C=CCCCCCC(NN)C(CC)c1ccccc1. The zero-order chi connectivity index (χ0) is 13.9. The van der Waals surface area contributed by atoms with E-state index in [4.69, 9.17) is 5.84 Å². The second-order valence-corrected chi connectivity index (χ2v) is 5.13. The lowest BCUT2D eigenvalue weighted by Gasteiger charge is -2.26. The average molecular weight is 260 g/mol. The van der Waals surface area contributed by atoms with E-state index in [0.29, 0.717) is 12.0 Å². The molecule has 0 bridgehead atoms. The summed E-state index contributed by atoms with van der Waals surface area (Å²) in [6.45, 7) is 5.99. The third kappa shape index (κ3) is 5.58. The Kier molecular flexibility index (Phi) is 8.19. The van der Waals surface area contributed by atoms with E-state index < -0.39 is 0 Å². The lowest BCUT2D eigenvalue weighted by molar-refractivity contribution is 0.391. The van der Waals surface area contributed by atoms with Gasteiger partial charge >= 0.3 is 0 Å². The van der Waals surface area contributed by atoms with Crippen molar-refractivity contribution < 1.29 is 0 Å². The van der Waals surface area contributed by atoms with Crippen LogP contribution in [0.4, 0.5) is 0 Å². The maximum absolute atomic E-state index is 5.76. The minimum Gasteiger partial charge on any atom is -0.271 e. The molecule has 0 aliphatic carbocycles. The lowest BCUT2D eigenvalue weighted by atomic mass is 9.86. The van der Waals surface area contributed by atoms with Crippen LogP contribution in [0, 0.1) is 0 Å². The highest BCUT2D eigenvalue weighted by Gasteiger charge is 2.19. The first-order chi connectivity index (χ1) is 9.33. The van der Waals surface area contributed by atoms with Gasteiger partial charge in [-0.05, 0) is 31.2 Å². The van der Waals surface area contributed by atoms with Crippen molar-refractivity contribution in [1.82, 2.24) is 5.43 Å². The van der Waals surface area contributed by atoms with Gasteiger partial charge in [0.15, 0.2) is 0 Å². The van der Waals surface area contributed by atoms with Crippen LogP contribution in [0.15, 0.2) is 43.0 Å². The van der Waals surface area contributed by atoms with Crippen LogP contribution >= 0.6 is 0 Å². The fourth-order valence-corrected chi connectivity index (χ4v) is 2.68. The van der Waals surface area contributed by atoms with Crippen molar-refractivity contribution in [2.24, 2.45) is 5.84 Å². The Morgan fingerprint density at radius 1 is 1.21 bits per heavy atom. The summed E-state index contributed by atoms with van der Waals surface area (Å²) in [6, 6.07) is 11.1. The molecule has 0 amide bonds. The van der Waals surface area contributed by atoms with Crippen molar-refractivity contribution in [3.8, 4) is 0 Å². The number of allylic oxidation sites excluding steroid dienone is 1. The maximum Gasteiger partial charge on any atom is 0.0279 e. The number of benzene rings is 1. The summed E-state index contributed by atoms with van der Waals surface area (Å²) in [5.41, 5.74) is 4.41.